The van der Waals surface area contributed by atoms with Gasteiger partial charge >= 0.3 is 0 Å². The minimum absolute atomic E-state index is 0.100. The van der Waals surface area contributed by atoms with Crippen LogP contribution in [0, 0.1) is 11.8 Å². The molecule has 158 valence electrons. The number of nitrogen functional groups attached to an aromatic ring is 1. The molecule has 2 rings (SSSR count). The fourth-order valence-corrected chi connectivity index (χ4v) is 2.54. The molecule has 2 aromatic carbocycles. The number of hydroxylamine groups is 1. The molecule has 0 saturated heterocycles. The van der Waals surface area contributed by atoms with Crippen molar-refractivity contribution in [3.8, 4) is 11.8 Å². The summed E-state index contributed by atoms with van der Waals surface area (Å²) in [4.78, 5) is 24.3. The number of para-hydroxylation sites is 1. The maximum atomic E-state index is 13.4. The zero-order chi connectivity index (χ0) is 22.3. The van der Waals surface area contributed by atoms with Crippen LogP contribution in [0.5, 0.6) is 0 Å². The van der Waals surface area contributed by atoms with E-state index in [1.165, 1.54) is 17.6 Å². The van der Waals surface area contributed by atoms with Crippen LogP contribution in [0.2, 0.25) is 0 Å². The van der Waals surface area contributed by atoms with Crippen LogP contribution >= 0.6 is 0 Å². The quantitative estimate of drug-likeness (QED) is 0.248. The van der Waals surface area contributed by atoms with E-state index in [-0.39, 0.29) is 5.56 Å². The van der Waals surface area contributed by atoms with Crippen molar-refractivity contribution < 1.29 is 28.3 Å². The lowest BCUT2D eigenvalue weighted by Crippen LogP contribution is -2.62. The fraction of sp³-hybridized carbons (Fsp3) is 0.238. The maximum absolute atomic E-state index is 13.4. The summed E-state index contributed by atoms with van der Waals surface area (Å²) in [7, 11) is 0.975. The number of benzene rings is 2. The van der Waals surface area contributed by atoms with Gasteiger partial charge in [-0.05, 0) is 43.3 Å². The summed E-state index contributed by atoms with van der Waals surface area (Å²) in [6.45, 7) is 0.950. The van der Waals surface area contributed by atoms with Gasteiger partial charge in [-0.2, -0.15) is 0 Å². The molecule has 0 bridgehead atoms. The molecule has 0 saturated carbocycles. The third kappa shape index (κ3) is 5.11. The second-order valence-electron chi connectivity index (χ2n) is 6.49. The number of rotatable bonds is 6. The second-order valence-corrected chi connectivity index (χ2v) is 6.49. The molecule has 1 unspecified atom stereocenters. The highest BCUT2D eigenvalue weighted by Crippen LogP contribution is 2.24. The standard InChI is InChI=1S/C21H21F2N3O4/c1-21(30-2,20(22)23)17(19(28)26-29)25-18(27)15-11-8-13(9-12-15)7-10-14-5-3-4-6-16(14)24/h3-6,8-9,11-12,17,20,29H,24H2,1-2H3,(H,25,27)(H,26,28)/t17-,21?/m1/s1. The molecule has 0 aromatic heterocycles. The van der Waals surface area contributed by atoms with Gasteiger partial charge in [0, 0.05) is 29.5 Å². The number of carbonyl (C=O) groups is 2. The van der Waals surface area contributed by atoms with Crippen molar-refractivity contribution in [1.29, 1.82) is 0 Å². The molecule has 2 amide bonds. The number of nitrogens with one attached hydrogen (secondary N) is 2. The molecule has 0 heterocycles. The number of anilines is 1. The molecule has 9 heteroatoms. The molecule has 0 aliphatic rings. The Morgan fingerprint density at radius 1 is 1.13 bits per heavy atom. The number of halogens is 2. The third-order valence-corrected chi connectivity index (χ3v) is 4.54. The van der Waals surface area contributed by atoms with E-state index in [1.54, 1.807) is 36.4 Å². The first-order chi connectivity index (χ1) is 14.2. The fourth-order valence-electron chi connectivity index (χ4n) is 2.54. The van der Waals surface area contributed by atoms with Gasteiger partial charge in [-0.3, -0.25) is 14.8 Å². The van der Waals surface area contributed by atoms with Crippen LogP contribution in [0.15, 0.2) is 48.5 Å². The average molecular weight is 417 g/mol. The van der Waals surface area contributed by atoms with Crippen LogP contribution in [0.4, 0.5) is 14.5 Å². The molecule has 7 nitrogen and oxygen atoms in total. The Kier molecular flexibility index (Phi) is 7.47. The minimum atomic E-state index is -3.12. The number of methoxy groups -OCH3 is 1. The highest BCUT2D eigenvalue weighted by Gasteiger charge is 2.48. The molecule has 0 aliphatic heterocycles. The lowest BCUT2D eigenvalue weighted by Gasteiger charge is -2.34. The monoisotopic (exact) mass is 417 g/mol. The van der Waals surface area contributed by atoms with E-state index in [9.17, 15) is 18.4 Å². The van der Waals surface area contributed by atoms with Gasteiger partial charge in [0.1, 0.15) is 6.04 Å². The summed E-state index contributed by atoms with van der Waals surface area (Å²) in [5.74, 6) is 3.78. The van der Waals surface area contributed by atoms with Crippen LogP contribution in [0.3, 0.4) is 0 Å². The molecule has 0 radical (unpaired) electrons. The summed E-state index contributed by atoms with van der Waals surface area (Å²) >= 11 is 0. The van der Waals surface area contributed by atoms with E-state index in [2.05, 4.69) is 17.2 Å². The van der Waals surface area contributed by atoms with Crippen molar-refractivity contribution in [2.24, 2.45) is 0 Å². The van der Waals surface area contributed by atoms with E-state index in [0.29, 0.717) is 16.8 Å². The minimum Gasteiger partial charge on any atom is -0.398 e. The van der Waals surface area contributed by atoms with Crippen LogP contribution in [0.25, 0.3) is 0 Å². The zero-order valence-corrected chi connectivity index (χ0v) is 16.3. The van der Waals surface area contributed by atoms with Crippen molar-refractivity contribution in [3.63, 3.8) is 0 Å². The SMILES string of the molecule is COC(C)(C(F)F)[C@H](NC(=O)c1ccc(C#Cc2ccccc2N)cc1)C(=O)NO. The number of nitrogens with two attached hydrogens (primary N) is 1. The van der Waals surface area contributed by atoms with Gasteiger partial charge in [-0.15, -0.1) is 0 Å². The van der Waals surface area contributed by atoms with E-state index < -0.39 is 29.9 Å². The van der Waals surface area contributed by atoms with E-state index in [0.717, 1.165) is 14.0 Å². The Labute approximate surface area is 172 Å². The van der Waals surface area contributed by atoms with E-state index in [4.69, 9.17) is 15.7 Å². The molecular weight excluding hydrogens is 396 g/mol. The number of hydrogen-bond donors (Lipinski definition) is 4. The Morgan fingerprint density at radius 3 is 2.30 bits per heavy atom. The Hall–Kier alpha value is -3.48. The molecule has 0 aliphatic carbocycles. The number of alkyl halides is 2. The lowest BCUT2D eigenvalue weighted by atomic mass is 9.95. The van der Waals surface area contributed by atoms with Gasteiger partial charge in [0.05, 0.1) is 0 Å². The topological polar surface area (TPSA) is 114 Å². The number of amides is 2. The van der Waals surface area contributed by atoms with Crippen LogP contribution in [0.1, 0.15) is 28.4 Å². The predicted octanol–water partition coefficient (Wildman–Crippen LogP) is 1.94. The first-order valence-electron chi connectivity index (χ1n) is 8.77. The van der Waals surface area contributed by atoms with E-state index in [1.807, 2.05) is 0 Å². The van der Waals surface area contributed by atoms with Gasteiger partial charge in [-0.25, -0.2) is 14.3 Å². The van der Waals surface area contributed by atoms with Crippen LogP contribution in [-0.2, 0) is 9.53 Å². The first-order valence-corrected chi connectivity index (χ1v) is 8.77. The highest BCUT2D eigenvalue weighted by molar-refractivity contribution is 5.97. The summed E-state index contributed by atoms with van der Waals surface area (Å²) in [5, 5.41) is 11.0. The second kappa shape index (κ2) is 9.82. The molecule has 2 atom stereocenters. The summed E-state index contributed by atoms with van der Waals surface area (Å²) in [6.07, 6.45) is -3.12. The molecule has 30 heavy (non-hydrogen) atoms. The lowest BCUT2D eigenvalue weighted by molar-refractivity contribution is -0.157. The number of ether oxygens (including phenoxy) is 1. The first kappa shape index (κ1) is 22.8. The smallest absolute Gasteiger partial charge is 0.269 e. The van der Waals surface area contributed by atoms with Crippen LogP contribution in [-0.4, -0.2) is 42.2 Å². The summed E-state index contributed by atoms with van der Waals surface area (Å²) in [5.41, 5.74) is 6.62. The normalized spacial score (nSPS) is 13.5. The molecule has 0 spiro atoms. The predicted molar refractivity (Wildman–Crippen MR) is 106 cm³/mol. The summed E-state index contributed by atoms with van der Waals surface area (Å²) in [6, 6.07) is 11.2. The van der Waals surface area contributed by atoms with Crippen molar-refractivity contribution in [2.75, 3.05) is 12.8 Å². The molecule has 0 fully saturated rings. The Morgan fingerprint density at radius 2 is 1.77 bits per heavy atom. The van der Waals surface area contributed by atoms with E-state index >= 15 is 0 Å². The van der Waals surface area contributed by atoms with Gasteiger partial charge < -0.3 is 15.8 Å². The molecule has 2 aromatic rings. The van der Waals surface area contributed by atoms with Crippen molar-refractivity contribution in [2.45, 2.75) is 25.0 Å². The Balaban J connectivity index is 2.20. The summed E-state index contributed by atoms with van der Waals surface area (Å²) < 4.78 is 31.6. The van der Waals surface area contributed by atoms with Crippen molar-refractivity contribution in [3.05, 3.63) is 65.2 Å². The largest absolute Gasteiger partial charge is 0.398 e. The average Bonchev–Trinajstić information content (AvgIpc) is 2.75. The van der Waals surface area contributed by atoms with Gasteiger partial charge in [0.25, 0.3) is 18.2 Å². The van der Waals surface area contributed by atoms with Gasteiger partial charge in [0.2, 0.25) is 0 Å². The van der Waals surface area contributed by atoms with Crippen LogP contribution < -0.4 is 16.5 Å². The van der Waals surface area contributed by atoms with Gasteiger partial charge in [-0.1, -0.05) is 24.0 Å². The van der Waals surface area contributed by atoms with Crippen molar-refractivity contribution in [1.82, 2.24) is 10.8 Å². The molecular formula is C21H21F2N3O4. The maximum Gasteiger partial charge on any atom is 0.269 e. The van der Waals surface area contributed by atoms with Gasteiger partial charge in [0.15, 0.2) is 5.60 Å². The number of carbonyl (C=O) groups excluding carboxylic acids is 2. The highest BCUT2D eigenvalue weighted by atomic mass is 19.3. The zero-order valence-electron chi connectivity index (χ0n) is 16.3. The van der Waals surface area contributed by atoms with Crippen molar-refractivity contribution >= 4 is 17.5 Å². The number of hydrogen-bond acceptors (Lipinski definition) is 5. The Bertz CT molecular complexity index is 970. The third-order valence-electron chi connectivity index (χ3n) is 4.54. The molecule has 5 N–H and O–H groups in total.